The fraction of sp³-hybridized carbons (Fsp3) is 0.500. The van der Waals surface area contributed by atoms with Crippen molar-refractivity contribution in [3.63, 3.8) is 0 Å². The first-order chi connectivity index (χ1) is 16.2. The highest BCUT2D eigenvalue weighted by molar-refractivity contribution is 5.80. The summed E-state index contributed by atoms with van der Waals surface area (Å²) in [6.45, 7) is 2.49. The molecule has 174 valence electrons. The van der Waals surface area contributed by atoms with Crippen molar-refractivity contribution in [3.05, 3.63) is 64.8 Å². The van der Waals surface area contributed by atoms with Gasteiger partial charge in [-0.05, 0) is 67.9 Å². The van der Waals surface area contributed by atoms with E-state index in [0.29, 0.717) is 25.0 Å². The van der Waals surface area contributed by atoms with Crippen LogP contribution in [0.5, 0.6) is 0 Å². The van der Waals surface area contributed by atoms with Crippen molar-refractivity contribution < 1.29 is 9.53 Å². The molecule has 5 rings (SSSR count). The number of nitrogens with zero attached hydrogens (tertiary/aromatic N) is 4. The van der Waals surface area contributed by atoms with Crippen LogP contribution in [0.4, 0.5) is 0 Å². The fourth-order valence-electron chi connectivity index (χ4n) is 5.54. The van der Waals surface area contributed by atoms with Crippen molar-refractivity contribution in [1.29, 1.82) is 0 Å². The highest BCUT2D eigenvalue weighted by atomic mass is 16.5. The van der Waals surface area contributed by atoms with Gasteiger partial charge in [-0.3, -0.25) is 18.9 Å². The molecule has 1 aliphatic heterocycles. The number of likely N-dealkylation sites (tertiary alicyclic amines) is 1. The normalized spacial score (nSPS) is 21.3. The Hall–Kier alpha value is -2.93. The van der Waals surface area contributed by atoms with Gasteiger partial charge in [0.1, 0.15) is 0 Å². The molecule has 7 nitrogen and oxygen atoms in total. The first-order valence-corrected chi connectivity index (χ1v) is 12.0. The van der Waals surface area contributed by atoms with Crippen LogP contribution in [-0.2, 0) is 22.5 Å². The van der Waals surface area contributed by atoms with Crippen LogP contribution in [-0.4, -0.2) is 51.7 Å². The average Bonchev–Trinajstić information content (AvgIpc) is 3.11. The third-order valence-corrected chi connectivity index (χ3v) is 7.39. The van der Waals surface area contributed by atoms with Gasteiger partial charge in [0.2, 0.25) is 5.91 Å². The molecular formula is C26H32N4O3. The van der Waals surface area contributed by atoms with E-state index in [-0.39, 0.29) is 17.6 Å². The minimum absolute atomic E-state index is 0.0240. The predicted octanol–water partition coefficient (Wildman–Crippen LogP) is 3.28. The number of rotatable bonds is 7. The van der Waals surface area contributed by atoms with Crippen LogP contribution >= 0.6 is 0 Å². The number of hydrogen-bond donors (Lipinski definition) is 0. The second-order valence-electron chi connectivity index (χ2n) is 9.44. The maximum absolute atomic E-state index is 13.2. The molecule has 0 bridgehead atoms. The number of aromatic nitrogens is 3. The van der Waals surface area contributed by atoms with Crippen molar-refractivity contribution >= 4 is 16.9 Å². The van der Waals surface area contributed by atoms with E-state index in [1.54, 1.807) is 7.11 Å². The van der Waals surface area contributed by atoms with Gasteiger partial charge in [0, 0.05) is 44.6 Å². The van der Waals surface area contributed by atoms with E-state index in [0.717, 1.165) is 56.2 Å². The van der Waals surface area contributed by atoms with E-state index in [4.69, 9.17) is 4.74 Å². The van der Waals surface area contributed by atoms with E-state index < -0.39 is 0 Å². The molecule has 2 fully saturated rings. The lowest BCUT2D eigenvalue weighted by molar-refractivity contribution is -0.141. The molecule has 33 heavy (non-hydrogen) atoms. The molecule has 3 heterocycles. The molecule has 1 saturated carbocycles. The summed E-state index contributed by atoms with van der Waals surface area (Å²) < 4.78 is 8.97. The Bertz CT molecular complexity index is 1160. The van der Waals surface area contributed by atoms with Crippen molar-refractivity contribution in [2.24, 2.45) is 11.8 Å². The van der Waals surface area contributed by atoms with E-state index in [1.165, 1.54) is 5.56 Å². The van der Waals surface area contributed by atoms with Crippen molar-refractivity contribution in [3.8, 4) is 0 Å². The third kappa shape index (κ3) is 4.34. The van der Waals surface area contributed by atoms with Gasteiger partial charge < -0.3 is 9.64 Å². The maximum atomic E-state index is 13.2. The Labute approximate surface area is 194 Å². The number of carbonyl (C=O) groups excluding carboxylic acids is 1. The summed E-state index contributed by atoms with van der Waals surface area (Å²) in [4.78, 5) is 32.4. The molecule has 0 radical (unpaired) electrons. The van der Waals surface area contributed by atoms with Gasteiger partial charge in [-0.15, -0.1) is 0 Å². The maximum Gasteiger partial charge on any atom is 0.329 e. The summed E-state index contributed by atoms with van der Waals surface area (Å²) in [6, 6.07) is 12.2. The van der Waals surface area contributed by atoms with Crippen molar-refractivity contribution in [1.82, 2.24) is 19.0 Å². The van der Waals surface area contributed by atoms with E-state index in [1.807, 2.05) is 50.7 Å². The zero-order valence-electron chi connectivity index (χ0n) is 19.2. The van der Waals surface area contributed by atoms with E-state index in [9.17, 15) is 9.59 Å². The van der Waals surface area contributed by atoms with Gasteiger partial charge in [0.25, 0.3) is 0 Å². The Morgan fingerprint density at radius 1 is 1.06 bits per heavy atom. The molecule has 1 saturated heterocycles. The van der Waals surface area contributed by atoms with Crippen LogP contribution in [0.3, 0.4) is 0 Å². The number of benzene rings is 1. The number of hydrogen-bond acceptors (Lipinski definition) is 4. The number of ether oxygens (including phenoxy) is 1. The lowest BCUT2D eigenvalue weighted by Gasteiger charge is -2.40. The lowest BCUT2D eigenvalue weighted by atomic mass is 9.71. The van der Waals surface area contributed by atoms with Crippen LogP contribution < -0.4 is 5.69 Å². The predicted molar refractivity (Wildman–Crippen MR) is 127 cm³/mol. The summed E-state index contributed by atoms with van der Waals surface area (Å²) >= 11 is 0. The van der Waals surface area contributed by atoms with Crippen molar-refractivity contribution in [2.45, 2.75) is 44.7 Å². The van der Waals surface area contributed by atoms with Crippen LogP contribution in [0.2, 0.25) is 0 Å². The molecule has 0 atom stereocenters. The summed E-state index contributed by atoms with van der Waals surface area (Å²) in [6.07, 6.45) is 8.29. The number of piperidine rings is 1. The Kier molecular flexibility index (Phi) is 6.31. The zero-order valence-corrected chi connectivity index (χ0v) is 19.2. The van der Waals surface area contributed by atoms with Gasteiger partial charge in [0.05, 0.1) is 24.2 Å². The van der Waals surface area contributed by atoms with Gasteiger partial charge in [-0.1, -0.05) is 12.1 Å². The molecule has 2 aromatic heterocycles. The number of amides is 1. The molecule has 0 spiro atoms. The third-order valence-electron chi connectivity index (χ3n) is 7.39. The smallest absolute Gasteiger partial charge is 0.329 e. The highest BCUT2D eigenvalue weighted by Gasteiger charge is 2.38. The first kappa shape index (κ1) is 21.9. The molecule has 1 amide bonds. The topological polar surface area (TPSA) is 69.4 Å². The monoisotopic (exact) mass is 448 g/mol. The fourth-order valence-corrected chi connectivity index (χ4v) is 5.54. The van der Waals surface area contributed by atoms with Crippen LogP contribution in [0.25, 0.3) is 11.0 Å². The van der Waals surface area contributed by atoms with Crippen molar-refractivity contribution in [2.75, 3.05) is 26.8 Å². The number of para-hydroxylation sites is 2. The lowest BCUT2D eigenvalue weighted by Crippen LogP contribution is -2.46. The molecule has 7 heteroatoms. The molecule has 3 aromatic rings. The van der Waals surface area contributed by atoms with Crippen LogP contribution in [0.15, 0.2) is 53.6 Å². The number of fused-ring (bicyclic) bond motifs is 1. The first-order valence-electron chi connectivity index (χ1n) is 12.0. The van der Waals surface area contributed by atoms with Crippen LogP contribution in [0.1, 0.15) is 37.3 Å². The molecule has 1 aromatic carbocycles. The molecule has 2 aliphatic rings. The van der Waals surface area contributed by atoms with Crippen LogP contribution in [0, 0.1) is 11.8 Å². The van der Waals surface area contributed by atoms with Gasteiger partial charge >= 0.3 is 5.69 Å². The summed E-state index contributed by atoms with van der Waals surface area (Å²) in [5, 5.41) is 0. The quantitative estimate of drug-likeness (QED) is 0.556. The Balaban J connectivity index is 1.20. The second kappa shape index (κ2) is 9.51. The molecular weight excluding hydrogens is 416 g/mol. The largest absolute Gasteiger partial charge is 0.383 e. The zero-order chi connectivity index (χ0) is 22.8. The van der Waals surface area contributed by atoms with Gasteiger partial charge in [-0.2, -0.15) is 0 Å². The molecule has 1 aliphatic carbocycles. The minimum Gasteiger partial charge on any atom is -0.383 e. The Morgan fingerprint density at radius 2 is 1.76 bits per heavy atom. The average molecular weight is 449 g/mol. The highest BCUT2D eigenvalue weighted by Crippen LogP contribution is 2.38. The summed E-state index contributed by atoms with van der Waals surface area (Å²) in [5.74, 6) is 1.05. The molecule has 0 unspecified atom stereocenters. The second-order valence-corrected chi connectivity index (χ2v) is 9.44. The van der Waals surface area contributed by atoms with Gasteiger partial charge in [-0.25, -0.2) is 4.79 Å². The Morgan fingerprint density at radius 3 is 2.45 bits per heavy atom. The number of imidazole rings is 1. The standard InChI is InChI=1S/C26H32N4O3/c1-33-15-14-29-23-4-2-3-5-24(23)30(26(29)32)22-8-12-28(13-9-22)25(31)21-17-20(18-21)16-19-6-10-27-11-7-19/h2-7,10-11,20-22H,8-9,12-18H2,1H3. The summed E-state index contributed by atoms with van der Waals surface area (Å²) in [5.41, 5.74) is 3.25. The van der Waals surface area contributed by atoms with Gasteiger partial charge in [0.15, 0.2) is 0 Å². The number of methoxy groups -OCH3 is 1. The minimum atomic E-state index is 0.0240. The number of carbonyl (C=O) groups is 1. The SMILES string of the molecule is COCCn1c(=O)n(C2CCN(C(=O)C3CC(Cc4ccncc4)C3)CC2)c2ccccc21. The summed E-state index contributed by atoms with van der Waals surface area (Å²) in [7, 11) is 1.65. The molecule has 0 N–H and O–H groups in total. The van der Waals surface area contributed by atoms with E-state index in [2.05, 4.69) is 17.1 Å². The van der Waals surface area contributed by atoms with E-state index >= 15 is 0 Å². The number of pyridine rings is 1.